The number of hydrogen-bond acceptors (Lipinski definition) is 6. The predicted octanol–water partition coefficient (Wildman–Crippen LogP) is 1.74. The minimum Gasteiger partial charge on any atom is -0.444 e. The van der Waals surface area contributed by atoms with Crippen LogP contribution < -0.4 is 10.5 Å². The van der Waals surface area contributed by atoms with Crippen molar-refractivity contribution in [1.82, 2.24) is 19.7 Å². The number of carbonyl (C=O) groups excluding carboxylic acids is 1. The molecule has 0 N–H and O–H groups in total. The summed E-state index contributed by atoms with van der Waals surface area (Å²) in [5, 5.41) is 4.48. The molecule has 0 aliphatic carbocycles. The van der Waals surface area contributed by atoms with Crippen molar-refractivity contribution < 1.29 is 9.53 Å². The normalized spacial score (nSPS) is 14.9. The molecule has 2 aromatic rings. The fraction of sp³-hybridized carbons (Fsp3) is 0.474. The van der Waals surface area contributed by atoms with E-state index in [4.69, 9.17) is 4.74 Å². The van der Waals surface area contributed by atoms with Crippen LogP contribution in [0.2, 0.25) is 0 Å². The van der Waals surface area contributed by atoms with Gasteiger partial charge in [0.25, 0.3) is 5.56 Å². The molecule has 0 spiro atoms. The Kier molecular flexibility index (Phi) is 5.43. The number of piperazine rings is 1. The molecule has 1 aliphatic heterocycles. The van der Waals surface area contributed by atoms with Gasteiger partial charge in [0.1, 0.15) is 11.4 Å². The molecule has 1 saturated heterocycles. The number of pyridine rings is 1. The summed E-state index contributed by atoms with van der Waals surface area (Å²) in [6.07, 6.45) is 1.40. The van der Waals surface area contributed by atoms with Crippen molar-refractivity contribution in [2.75, 3.05) is 31.1 Å². The van der Waals surface area contributed by atoms with E-state index in [1.807, 2.05) is 39.0 Å². The summed E-state index contributed by atoms with van der Waals surface area (Å²) in [6.45, 7) is 8.26. The average molecular weight is 371 g/mol. The van der Waals surface area contributed by atoms with Crippen LogP contribution in [0.5, 0.6) is 0 Å². The maximum Gasteiger partial charge on any atom is 0.410 e. The monoisotopic (exact) mass is 371 g/mol. The van der Waals surface area contributed by atoms with Gasteiger partial charge in [-0.2, -0.15) is 5.10 Å². The van der Waals surface area contributed by atoms with Gasteiger partial charge in [-0.3, -0.25) is 9.78 Å². The third-order valence-corrected chi connectivity index (χ3v) is 4.15. The van der Waals surface area contributed by atoms with Crippen LogP contribution in [-0.2, 0) is 11.3 Å². The summed E-state index contributed by atoms with van der Waals surface area (Å²) < 4.78 is 6.83. The number of aromatic nitrogens is 3. The molecule has 8 heteroatoms. The van der Waals surface area contributed by atoms with Crippen LogP contribution in [0.4, 0.5) is 10.6 Å². The molecule has 0 saturated carbocycles. The minimum atomic E-state index is -0.503. The van der Waals surface area contributed by atoms with Gasteiger partial charge in [0.05, 0.1) is 12.2 Å². The van der Waals surface area contributed by atoms with E-state index in [1.165, 1.54) is 10.7 Å². The zero-order valence-corrected chi connectivity index (χ0v) is 16.0. The highest BCUT2D eigenvalue weighted by Gasteiger charge is 2.26. The number of hydrogen-bond donors (Lipinski definition) is 0. The Labute approximate surface area is 158 Å². The second-order valence-electron chi connectivity index (χ2n) is 7.46. The van der Waals surface area contributed by atoms with E-state index in [1.54, 1.807) is 17.2 Å². The summed E-state index contributed by atoms with van der Waals surface area (Å²) >= 11 is 0. The quantitative estimate of drug-likeness (QED) is 0.818. The molecular weight excluding hydrogens is 346 g/mol. The Bertz CT molecular complexity index is 836. The molecule has 144 valence electrons. The van der Waals surface area contributed by atoms with Crippen molar-refractivity contribution in [1.29, 1.82) is 0 Å². The Morgan fingerprint density at radius 1 is 1.11 bits per heavy atom. The number of amides is 1. The van der Waals surface area contributed by atoms with Crippen molar-refractivity contribution in [3.8, 4) is 0 Å². The summed E-state index contributed by atoms with van der Waals surface area (Å²) in [5.74, 6) is 0.717. The SMILES string of the molecule is CC(C)(C)OC(=O)N1CCN(c2ccc(=O)n(Cc3ccccn3)n2)CC1. The van der Waals surface area contributed by atoms with Gasteiger partial charge in [-0.15, -0.1) is 0 Å². The maximum absolute atomic E-state index is 12.2. The zero-order valence-electron chi connectivity index (χ0n) is 16.0. The van der Waals surface area contributed by atoms with Crippen molar-refractivity contribution in [3.05, 3.63) is 52.6 Å². The molecule has 2 aromatic heterocycles. The number of rotatable bonds is 3. The second-order valence-corrected chi connectivity index (χ2v) is 7.46. The molecule has 0 bridgehead atoms. The van der Waals surface area contributed by atoms with Gasteiger partial charge in [-0.05, 0) is 39.0 Å². The van der Waals surface area contributed by atoms with Gasteiger partial charge in [0, 0.05) is 38.4 Å². The molecule has 1 amide bonds. The lowest BCUT2D eigenvalue weighted by molar-refractivity contribution is 0.0240. The van der Waals surface area contributed by atoms with Crippen LogP contribution in [0, 0.1) is 0 Å². The van der Waals surface area contributed by atoms with E-state index in [9.17, 15) is 9.59 Å². The van der Waals surface area contributed by atoms with Crippen LogP contribution in [0.15, 0.2) is 41.3 Å². The van der Waals surface area contributed by atoms with E-state index in [0.29, 0.717) is 32.7 Å². The topological polar surface area (TPSA) is 80.6 Å². The van der Waals surface area contributed by atoms with Gasteiger partial charge < -0.3 is 14.5 Å². The van der Waals surface area contributed by atoms with E-state index < -0.39 is 5.60 Å². The molecule has 27 heavy (non-hydrogen) atoms. The molecular formula is C19H25N5O3. The number of nitrogens with zero attached hydrogens (tertiary/aromatic N) is 5. The molecule has 0 unspecified atom stereocenters. The minimum absolute atomic E-state index is 0.170. The van der Waals surface area contributed by atoms with Crippen LogP contribution in [0.3, 0.4) is 0 Å². The number of ether oxygens (including phenoxy) is 1. The maximum atomic E-state index is 12.2. The van der Waals surface area contributed by atoms with Gasteiger partial charge in [-0.25, -0.2) is 9.48 Å². The van der Waals surface area contributed by atoms with E-state index in [0.717, 1.165) is 11.5 Å². The highest BCUT2D eigenvalue weighted by molar-refractivity contribution is 5.68. The standard InChI is InChI=1S/C19H25N5O3/c1-19(2,3)27-18(26)23-12-10-22(11-13-23)16-7-8-17(25)24(21-16)14-15-6-4-5-9-20-15/h4-9H,10-14H2,1-3H3. The first-order chi connectivity index (χ1) is 12.8. The number of anilines is 1. The van der Waals surface area contributed by atoms with Crippen molar-refractivity contribution in [2.45, 2.75) is 32.9 Å². The lowest BCUT2D eigenvalue weighted by atomic mass is 10.2. The van der Waals surface area contributed by atoms with Crippen LogP contribution in [-0.4, -0.2) is 57.5 Å². The molecule has 0 atom stereocenters. The van der Waals surface area contributed by atoms with Gasteiger partial charge in [0.2, 0.25) is 0 Å². The third-order valence-electron chi connectivity index (χ3n) is 4.15. The second kappa shape index (κ2) is 7.77. The smallest absolute Gasteiger partial charge is 0.410 e. The average Bonchev–Trinajstić information content (AvgIpc) is 2.63. The highest BCUT2D eigenvalue weighted by atomic mass is 16.6. The van der Waals surface area contributed by atoms with E-state index >= 15 is 0 Å². The Hall–Kier alpha value is -2.90. The Balaban J connectivity index is 1.65. The molecule has 3 rings (SSSR count). The fourth-order valence-corrected chi connectivity index (χ4v) is 2.81. The molecule has 1 aliphatic rings. The molecule has 8 nitrogen and oxygen atoms in total. The fourth-order valence-electron chi connectivity index (χ4n) is 2.81. The summed E-state index contributed by atoms with van der Waals surface area (Å²) in [6, 6.07) is 8.82. The molecule has 1 fully saturated rings. The first-order valence-electron chi connectivity index (χ1n) is 9.03. The molecule has 0 radical (unpaired) electrons. The largest absolute Gasteiger partial charge is 0.444 e. The van der Waals surface area contributed by atoms with E-state index in [2.05, 4.69) is 15.0 Å². The molecule has 0 aromatic carbocycles. The highest BCUT2D eigenvalue weighted by Crippen LogP contribution is 2.15. The first kappa shape index (κ1) is 18.9. The summed E-state index contributed by atoms with van der Waals surface area (Å²) in [7, 11) is 0. The Morgan fingerprint density at radius 3 is 2.48 bits per heavy atom. The number of carbonyl (C=O) groups is 1. The van der Waals surface area contributed by atoms with Crippen LogP contribution in [0.25, 0.3) is 0 Å². The first-order valence-corrected chi connectivity index (χ1v) is 9.03. The molecule has 3 heterocycles. The van der Waals surface area contributed by atoms with Crippen molar-refractivity contribution in [2.24, 2.45) is 0 Å². The van der Waals surface area contributed by atoms with Crippen molar-refractivity contribution in [3.63, 3.8) is 0 Å². The zero-order chi connectivity index (χ0) is 19.4. The lowest BCUT2D eigenvalue weighted by Crippen LogP contribution is -2.50. The van der Waals surface area contributed by atoms with Crippen molar-refractivity contribution >= 4 is 11.9 Å². The lowest BCUT2D eigenvalue weighted by Gasteiger charge is -2.36. The van der Waals surface area contributed by atoms with Gasteiger partial charge in [0.15, 0.2) is 0 Å². The van der Waals surface area contributed by atoms with Gasteiger partial charge >= 0.3 is 6.09 Å². The summed E-state index contributed by atoms with van der Waals surface area (Å²) in [5.41, 5.74) is 0.104. The van der Waals surface area contributed by atoms with Crippen LogP contribution in [0.1, 0.15) is 26.5 Å². The van der Waals surface area contributed by atoms with Gasteiger partial charge in [-0.1, -0.05) is 6.07 Å². The Morgan fingerprint density at radius 2 is 1.85 bits per heavy atom. The van der Waals surface area contributed by atoms with E-state index in [-0.39, 0.29) is 11.7 Å². The van der Waals surface area contributed by atoms with Crippen LogP contribution >= 0.6 is 0 Å². The predicted molar refractivity (Wildman–Crippen MR) is 102 cm³/mol. The summed E-state index contributed by atoms with van der Waals surface area (Å²) in [4.78, 5) is 32.3. The third kappa shape index (κ3) is 5.06.